The first-order valence-electron chi connectivity index (χ1n) is 7.55. The number of fused-ring (bicyclic) bond motifs is 2. The fourth-order valence-electron chi connectivity index (χ4n) is 3.52. The monoisotopic (exact) mass is 289 g/mol. The summed E-state index contributed by atoms with van der Waals surface area (Å²) < 4.78 is 5.21. The van der Waals surface area contributed by atoms with Crippen molar-refractivity contribution in [2.45, 2.75) is 31.3 Å². The maximum Gasteiger partial charge on any atom is 0.254 e. The molecule has 21 heavy (non-hydrogen) atoms. The van der Waals surface area contributed by atoms with Crippen molar-refractivity contribution in [3.05, 3.63) is 23.8 Å². The molecular weight excluding hydrogens is 266 g/mol. The molecular formula is C16H23N3O2. The number of amides is 1. The number of methoxy groups -OCH3 is 1. The average molecular weight is 289 g/mol. The van der Waals surface area contributed by atoms with Gasteiger partial charge >= 0.3 is 0 Å². The van der Waals surface area contributed by atoms with Gasteiger partial charge in [0.05, 0.1) is 12.8 Å². The molecule has 1 aromatic carbocycles. The zero-order valence-corrected chi connectivity index (χ0v) is 12.7. The summed E-state index contributed by atoms with van der Waals surface area (Å²) in [6.45, 7) is 1.65. The maximum absolute atomic E-state index is 12.7. The van der Waals surface area contributed by atoms with Crippen molar-refractivity contribution in [3.63, 3.8) is 0 Å². The molecule has 2 unspecified atom stereocenters. The molecule has 2 bridgehead atoms. The number of hydrogen-bond donors (Lipinski definition) is 1. The lowest BCUT2D eigenvalue weighted by Gasteiger charge is -2.26. The minimum absolute atomic E-state index is 0.0780. The number of nitrogen functional groups attached to an aromatic ring is 1. The Morgan fingerprint density at radius 1 is 1.29 bits per heavy atom. The summed E-state index contributed by atoms with van der Waals surface area (Å²) in [7, 11) is 3.75. The van der Waals surface area contributed by atoms with Crippen LogP contribution in [0, 0.1) is 0 Å². The number of carbonyl (C=O) groups is 1. The van der Waals surface area contributed by atoms with Gasteiger partial charge < -0.3 is 15.4 Å². The van der Waals surface area contributed by atoms with Crippen LogP contribution in [-0.2, 0) is 0 Å². The first-order valence-corrected chi connectivity index (χ1v) is 7.55. The van der Waals surface area contributed by atoms with Crippen LogP contribution in [-0.4, -0.2) is 55.0 Å². The van der Waals surface area contributed by atoms with E-state index in [1.165, 1.54) is 12.8 Å². The highest BCUT2D eigenvalue weighted by molar-refractivity contribution is 5.95. The lowest BCUT2D eigenvalue weighted by atomic mass is 10.1. The van der Waals surface area contributed by atoms with Crippen LogP contribution >= 0.6 is 0 Å². The van der Waals surface area contributed by atoms with E-state index in [-0.39, 0.29) is 5.91 Å². The third kappa shape index (κ3) is 2.58. The van der Waals surface area contributed by atoms with Crippen molar-refractivity contribution in [1.29, 1.82) is 0 Å². The first-order chi connectivity index (χ1) is 10.1. The fourth-order valence-corrected chi connectivity index (χ4v) is 3.52. The summed E-state index contributed by atoms with van der Waals surface area (Å²) in [6.07, 6.45) is 3.51. The first kappa shape index (κ1) is 14.2. The minimum atomic E-state index is 0.0780. The summed E-state index contributed by atoms with van der Waals surface area (Å²) in [6, 6.07) is 6.39. The number of hydrogen-bond acceptors (Lipinski definition) is 4. The third-order valence-corrected chi connectivity index (χ3v) is 4.92. The van der Waals surface area contributed by atoms with Gasteiger partial charge in [0.1, 0.15) is 5.75 Å². The molecule has 2 aliphatic rings. The highest BCUT2D eigenvalue weighted by Crippen LogP contribution is 2.30. The van der Waals surface area contributed by atoms with Gasteiger partial charge in [-0.15, -0.1) is 0 Å². The number of anilines is 1. The molecule has 2 heterocycles. The zero-order valence-electron chi connectivity index (χ0n) is 12.7. The van der Waals surface area contributed by atoms with E-state index in [0.717, 1.165) is 19.5 Å². The molecule has 1 aromatic rings. The smallest absolute Gasteiger partial charge is 0.254 e. The minimum Gasteiger partial charge on any atom is -0.495 e. The van der Waals surface area contributed by atoms with E-state index < -0.39 is 0 Å². The van der Waals surface area contributed by atoms with Gasteiger partial charge in [0, 0.05) is 30.7 Å². The summed E-state index contributed by atoms with van der Waals surface area (Å²) in [5.74, 6) is 0.642. The van der Waals surface area contributed by atoms with E-state index in [2.05, 4.69) is 11.9 Å². The second-order valence-corrected chi connectivity index (χ2v) is 6.05. The van der Waals surface area contributed by atoms with Crippen LogP contribution in [0.25, 0.3) is 0 Å². The Bertz CT molecular complexity index is 546. The summed E-state index contributed by atoms with van der Waals surface area (Å²) in [5.41, 5.74) is 7.03. The van der Waals surface area contributed by atoms with Crippen LogP contribution in [0.15, 0.2) is 18.2 Å². The quantitative estimate of drug-likeness (QED) is 0.840. The highest BCUT2D eigenvalue weighted by Gasteiger charge is 2.36. The van der Waals surface area contributed by atoms with E-state index in [4.69, 9.17) is 10.5 Å². The predicted octanol–water partition coefficient (Wildman–Crippen LogP) is 1.59. The molecule has 2 saturated heterocycles. The van der Waals surface area contributed by atoms with Gasteiger partial charge in [-0.25, -0.2) is 0 Å². The van der Waals surface area contributed by atoms with E-state index >= 15 is 0 Å². The number of rotatable bonds is 2. The van der Waals surface area contributed by atoms with Gasteiger partial charge in [-0.3, -0.25) is 9.69 Å². The molecule has 0 aliphatic carbocycles. The standard InChI is InChI=1S/C16H23N3O2/c1-18-12-4-5-13(18)10-19(8-7-12)16(20)11-3-6-14(17)15(9-11)21-2/h3,6,9,12-13H,4-5,7-8,10,17H2,1-2H3. The van der Waals surface area contributed by atoms with Crippen LogP contribution in [0.4, 0.5) is 5.69 Å². The summed E-state index contributed by atoms with van der Waals surface area (Å²) >= 11 is 0. The Kier molecular flexibility index (Phi) is 3.76. The van der Waals surface area contributed by atoms with Crippen molar-refractivity contribution >= 4 is 11.6 Å². The van der Waals surface area contributed by atoms with Gasteiger partial charge in [-0.2, -0.15) is 0 Å². The molecule has 1 amide bonds. The molecule has 5 heteroatoms. The van der Waals surface area contributed by atoms with E-state index in [9.17, 15) is 4.79 Å². The lowest BCUT2D eigenvalue weighted by molar-refractivity contribution is 0.0740. The van der Waals surface area contributed by atoms with Gasteiger partial charge in [-0.05, 0) is 44.5 Å². The van der Waals surface area contributed by atoms with Crippen LogP contribution in [0.1, 0.15) is 29.6 Å². The third-order valence-electron chi connectivity index (χ3n) is 4.92. The largest absolute Gasteiger partial charge is 0.495 e. The number of benzene rings is 1. The number of likely N-dealkylation sites (tertiary alicyclic amines) is 1. The molecule has 114 valence electrons. The maximum atomic E-state index is 12.7. The number of carbonyl (C=O) groups excluding carboxylic acids is 1. The molecule has 2 aliphatic heterocycles. The topological polar surface area (TPSA) is 58.8 Å². The summed E-state index contributed by atoms with van der Waals surface area (Å²) in [5, 5.41) is 0. The van der Waals surface area contributed by atoms with Crippen molar-refractivity contribution in [1.82, 2.24) is 9.80 Å². The van der Waals surface area contributed by atoms with Crippen LogP contribution < -0.4 is 10.5 Å². The molecule has 0 radical (unpaired) electrons. The zero-order chi connectivity index (χ0) is 15.0. The van der Waals surface area contributed by atoms with Crippen LogP contribution in [0.2, 0.25) is 0 Å². The van der Waals surface area contributed by atoms with E-state index in [0.29, 0.717) is 29.1 Å². The fraction of sp³-hybridized carbons (Fsp3) is 0.562. The van der Waals surface area contributed by atoms with E-state index in [1.54, 1.807) is 25.3 Å². The Labute approximate surface area is 125 Å². The molecule has 5 nitrogen and oxygen atoms in total. The number of ether oxygens (including phenoxy) is 1. The van der Waals surface area contributed by atoms with Crippen molar-refractivity contribution in [2.24, 2.45) is 0 Å². The molecule has 0 aromatic heterocycles. The molecule has 0 spiro atoms. The average Bonchev–Trinajstić information content (AvgIpc) is 2.72. The molecule has 2 N–H and O–H groups in total. The highest BCUT2D eigenvalue weighted by atomic mass is 16.5. The van der Waals surface area contributed by atoms with E-state index in [1.807, 2.05) is 4.90 Å². The van der Waals surface area contributed by atoms with Crippen molar-refractivity contribution < 1.29 is 9.53 Å². The van der Waals surface area contributed by atoms with Gasteiger partial charge in [0.25, 0.3) is 5.91 Å². The Hall–Kier alpha value is -1.75. The normalized spacial score (nSPS) is 25.7. The number of likely N-dealkylation sites (N-methyl/N-ethyl adjacent to an activating group) is 1. The van der Waals surface area contributed by atoms with Crippen molar-refractivity contribution in [3.8, 4) is 5.75 Å². The second kappa shape index (κ2) is 5.56. The number of nitrogens with two attached hydrogens (primary N) is 1. The molecule has 3 rings (SSSR count). The van der Waals surface area contributed by atoms with Crippen LogP contribution in [0.3, 0.4) is 0 Å². The van der Waals surface area contributed by atoms with Crippen LogP contribution in [0.5, 0.6) is 5.75 Å². The van der Waals surface area contributed by atoms with Gasteiger partial charge in [0.2, 0.25) is 0 Å². The Morgan fingerprint density at radius 3 is 2.81 bits per heavy atom. The SMILES string of the molecule is COc1cc(C(=O)N2CCC3CCC(C2)N3C)ccc1N. The Balaban J connectivity index is 1.79. The lowest BCUT2D eigenvalue weighted by Crippen LogP contribution is -2.39. The summed E-state index contributed by atoms with van der Waals surface area (Å²) in [4.78, 5) is 17.1. The van der Waals surface area contributed by atoms with Gasteiger partial charge in [0.15, 0.2) is 0 Å². The Morgan fingerprint density at radius 2 is 2.05 bits per heavy atom. The van der Waals surface area contributed by atoms with Gasteiger partial charge in [-0.1, -0.05) is 0 Å². The second-order valence-electron chi connectivity index (χ2n) is 6.05. The molecule has 0 saturated carbocycles. The molecule has 2 atom stereocenters. The van der Waals surface area contributed by atoms with Crippen molar-refractivity contribution in [2.75, 3.05) is 33.0 Å². The molecule has 2 fully saturated rings. The predicted molar refractivity (Wildman–Crippen MR) is 82.5 cm³/mol. The number of nitrogens with zero attached hydrogens (tertiary/aromatic N) is 2.